The van der Waals surface area contributed by atoms with Crippen LogP contribution in [0, 0.1) is 5.92 Å². The van der Waals surface area contributed by atoms with Crippen LogP contribution in [0.15, 0.2) is 41.8 Å². The molecule has 1 aromatic carbocycles. The lowest BCUT2D eigenvalue weighted by Gasteiger charge is -2.31. The van der Waals surface area contributed by atoms with Crippen LogP contribution in [0.5, 0.6) is 0 Å². The molecule has 0 saturated carbocycles. The Hall–Kier alpha value is -2.34. The Morgan fingerprint density at radius 2 is 1.71 bits per heavy atom. The van der Waals surface area contributed by atoms with Crippen molar-refractivity contribution in [2.75, 3.05) is 36.4 Å². The molecule has 2 saturated heterocycles. The van der Waals surface area contributed by atoms with Crippen molar-refractivity contribution in [1.82, 2.24) is 4.90 Å². The Morgan fingerprint density at radius 1 is 1.00 bits per heavy atom. The highest BCUT2D eigenvalue weighted by Crippen LogP contribution is 2.24. The minimum Gasteiger partial charge on any atom is -0.372 e. The molecule has 2 aliphatic rings. The first kappa shape index (κ1) is 19.0. The molecule has 0 radical (unpaired) electrons. The molecule has 2 aliphatic heterocycles. The van der Waals surface area contributed by atoms with E-state index in [0.29, 0.717) is 19.5 Å². The first-order valence-corrected chi connectivity index (χ1v) is 11.0. The van der Waals surface area contributed by atoms with Crippen LogP contribution in [-0.2, 0) is 16.0 Å². The summed E-state index contributed by atoms with van der Waals surface area (Å²) in [4.78, 5) is 30.4. The standard InChI is InChI=1S/C22H27N3O2S/c26-21(16-20-4-3-15-28-20)25-13-9-17(10-14-25)22(27)23-18-5-7-19(8-6-18)24-11-1-2-12-24/h3-8,15,17H,1-2,9-14,16H2,(H,23,27). The molecule has 2 aromatic rings. The van der Waals surface area contributed by atoms with Crippen molar-refractivity contribution in [3.05, 3.63) is 46.7 Å². The first-order valence-electron chi connectivity index (χ1n) is 10.1. The van der Waals surface area contributed by atoms with Gasteiger partial charge in [0.1, 0.15) is 0 Å². The third-order valence-electron chi connectivity index (χ3n) is 5.73. The monoisotopic (exact) mass is 397 g/mol. The summed E-state index contributed by atoms with van der Waals surface area (Å²) in [6.07, 6.45) is 4.44. The highest BCUT2D eigenvalue weighted by Gasteiger charge is 2.27. The van der Waals surface area contributed by atoms with Gasteiger partial charge in [0.15, 0.2) is 0 Å². The molecule has 0 unspecified atom stereocenters. The van der Waals surface area contributed by atoms with E-state index >= 15 is 0 Å². The van der Waals surface area contributed by atoms with Crippen LogP contribution >= 0.6 is 11.3 Å². The lowest BCUT2D eigenvalue weighted by Crippen LogP contribution is -2.42. The number of rotatable bonds is 5. The number of thiophene rings is 1. The van der Waals surface area contributed by atoms with Crippen LogP contribution in [0.25, 0.3) is 0 Å². The Bertz CT molecular complexity index is 790. The van der Waals surface area contributed by atoms with E-state index in [1.807, 2.05) is 34.5 Å². The Balaban J connectivity index is 1.25. The van der Waals surface area contributed by atoms with Crippen molar-refractivity contribution in [2.45, 2.75) is 32.1 Å². The van der Waals surface area contributed by atoms with Gasteiger partial charge in [0.25, 0.3) is 0 Å². The molecule has 0 spiro atoms. The SMILES string of the molecule is O=C(Nc1ccc(N2CCCC2)cc1)C1CCN(C(=O)Cc2cccs2)CC1. The van der Waals surface area contributed by atoms with Crippen molar-refractivity contribution in [3.8, 4) is 0 Å². The molecule has 0 aliphatic carbocycles. The summed E-state index contributed by atoms with van der Waals surface area (Å²) in [5, 5.41) is 5.05. The minimum absolute atomic E-state index is 0.0240. The molecule has 1 N–H and O–H groups in total. The van der Waals surface area contributed by atoms with E-state index in [9.17, 15) is 9.59 Å². The largest absolute Gasteiger partial charge is 0.372 e. The summed E-state index contributed by atoms with van der Waals surface area (Å²) in [5.41, 5.74) is 2.08. The molecule has 5 nitrogen and oxygen atoms in total. The molecule has 0 atom stereocenters. The highest BCUT2D eigenvalue weighted by atomic mass is 32.1. The zero-order valence-corrected chi connectivity index (χ0v) is 16.9. The van der Waals surface area contributed by atoms with Crippen molar-refractivity contribution < 1.29 is 9.59 Å². The van der Waals surface area contributed by atoms with E-state index in [1.54, 1.807) is 11.3 Å². The number of amides is 2. The summed E-state index contributed by atoms with van der Waals surface area (Å²) >= 11 is 1.62. The van der Waals surface area contributed by atoms with E-state index in [4.69, 9.17) is 0 Å². The molecule has 2 fully saturated rings. The summed E-state index contributed by atoms with van der Waals surface area (Å²) in [7, 11) is 0. The molecule has 28 heavy (non-hydrogen) atoms. The third-order valence-corrected chi connectivity index (χ3v) is 6.61. The number of hydrogen-bond donors (Lipinski definition) is 1. The fourth-order valence-corrected chi connectivity index (χ4v) is 4.74. The molecule has 6 heteroatoms. The van der Waals surface area contributed by atoms with Crippen LogP contribution in [0.3, 0.4) is 0 Å². The van der Waals surface area contributed by atoms with Crippen molar-refractivity contribution >= 4 is 34.5 Å². The van der Waals surface area contributed by atoms with Gasteiger partial charge in [0.05, 0.1) is 6.42 Å². The van der Waals surface area contributed by atoms with E-state index in [0.717, 1.165) is 36.5 Å². The van der Waals surface area contributed by atoms with Crippen LogP contribution in [0.2, 0.25) is 0 Å². The Labute approximate surface area is 170 Å². The van der Waals surface area contributed by atoms with Gasteiger partial charge in [-0.3, -0.25) is 9.59 Å². The molecule has 0 bridgehead atoms. The third kappa shape index (κ3) is 4.55. The predicted octanol–water partition coefficient (Wildman–Crippen LogP) is 3.77. The van der Waals surface area contributed by atoms with Gasteiger partial charge >= 0.3 is 0 Å². The number of carbonyl (C=O) groups excluding carboxylic acids is 2. The van der Waals surface area contributed by atoms with Gasteiger partial charge in [0, 0.05) is 48.3 Å². The average Bonchev–Trinajstić information content (AvgIpc) is 3.43. The van der Waals surface area contributed by atoms with Gasteiger partial charge in [-0.1, -0.05) is 6.07 Å². The second-order valence-corrected chi connectivity index (χ2v) is 8.67. The molecule has 148 valence electrons. The Morgan fingerprint density at radius 3 is 2.36 bits per heavy atom. The molecular formula is C22H27N3O2S. The van der Waals surface area contributed by atoms with E-state index in [2.05, 4.69) is 22.3 Å². The molecule has 4 rings (SSSR count). The van der Waals surface area contributed by atoms with E-state index < -0.39 is 0 Å². The first-order chi connectivity index (χ1) is 13.7. The fourth-order valence-electron chi connectivity index (χ4n) is 4.04. The molecular weight excluding hydrogens is 370 g/mol. The van der Waals surface area contributed by atoms with Gasteiger partial charge in [0.2, 0.25) is 11.8 Å². The number of anilines is 2. The maximum atomic E-state index is 12.6. The predicted molar refractivity (Wildman–Crippen MR) is 114 cm³/mol. The van der Waals surface area contributed by atoms with Crippen molar-refractivity contribution in [3.63, 3.8) is 0 Å². The van der Waals surface area contributed by atoms with E-state index in [-0.39, 0.29) is 17.7 Å². The second kappa shape index (κ2) is 8.78. The lowest BCUT2D eigenvalue weighted by molar-refractivity contribution is -0.133. The van der Waals surface area contributed by atoms with Gasteiger partial charge in [-0.05, 0) is 61.4 Å². The van der Waals surface area contributed by atoms with Crippen LogP contribution in [0.1, 0.15) is 30.6 Å². The zero-order chi connectivity index (χ0) is 19.3. The summed E-state index contributed by atoms with van der Waals surface area (Å²) in [6, 6.07) is 12.1. The Kier molecular flexibility index (Phi) is 5.95. The summed E-state index contributed by atoms with van der Waals surface area (Å²) in [6.45, 7) is 3.57. The zero-order valence-electron chi connectivity index (χ0n) is 16.1. The van der Waals surface area contributed by atoms with Crippen molar-refractivity contribution in [2.24, 2.45) is 5.92 Å². The number of benzene rings is 1. The topological polar surface area (TPSA) is 52.7 Å². The second-order valence-electron chi connectivity index (χ2n) is 7.64. The number of hydrogen-bond acceptors (Lipinski definition) is 4. The van der Waals surface area contributed by atoms with Crippen LogP contribution in [0.4, 0.5) is 11.4 Å². The van der Waals surface area contributed by atoms with Gasteiger partial charge in [-0.2, -0.15) is 0 Å². The average molecular weight is 398 g/mol. The lowest BCUT2D eigenvalue weighted by atomic mass is 9.95. The van der Waals surface area contributed by atoms with Gasteiger partial charge < -0.3 is 15.1 Å². The van der Waals surface area contributed by atoms with Gasteiger partial charge in [-0.15, -0.1) is 11.3 Å². The molecule has 3 heterocycles. The summed E-state index contributed by atoms with van der Waals surface area (Å²) in [5.74, 6) is 0.210. The number of nitrogens with one attached hydrogen (secondary N) is 1. The highest BCUT2D eigenvalue weighted by molar-refractivity contribution is 7.10. The van der Waals surface area contributed by atoms with E-state index in [1.165, 1.54) is 18.5 Å². The smallest absolute Gasteiger partial charge is 0.227 e. The molecule has 2 amide bonds. The van der Waals surface area contributed by atoms with Crippen molar-refractivity contribution in [1.29, 1.82) is 0 Å². The van der Waals surface area contributed by atoms with Crippen LogP contribution < -0.4 is 10.2 Å². The normalized spacial score (nSPS) is 17.7. The maximum absolute atomic E-state index is 12.6. The number of piperidine rings is 1. The quantitative estimate of drug-likeness (QED) is 0.836. The number of nitrogens with zero attached hydrogens (tertiary/aromatic N) is 2. The van der Waals surface area contributed by atoms with Gasteiger partial charge in [-0.25, -0.2) is 0 Å². The maximum Gasteiger partial charge on any atom is 0.227 e. The fraction of sp³-hybridized carbons (Fsp3) is 0.455. The summed E-state index contributed by atoms with van der Waals surface area (Å²) < 4.78 is 0. The number of likely N-dealkylation sites (tertiary alicyclic amines) is 1. The molecule has 1 aromatic heterocycles. The number of carbonyl (C=O) groups is 2. The minimum atomic E-state index is -0.0240. The van der Waals surface area contributed by atoms with Crippen LogP contribution in [-0.4, -0.2) is 42.9 Å².